The molecule has 432 valence electrons. The molecule has 0 radical (unpaired) electrons. The van der Waals surface area contributed by atoms with Crippen LogP contribution in [-0.2, 0) is 30.5 Å². The Morgan fingerprint density at radius 2 is 1.48 bits per heavy atom. The number of carbonyl (C=O) groups excluding carboxylic acids is 7. The fourth-order valence-corrected chi connectivity index (χ4v) is 14.0. The van der Waals surface area contributed by atoms with Crippen molar-refractivity contribution in [2.45, 2.75) is 64.3 Å². The van der Waals surface area contributed by atoms with E-state index in [-0.39, 0.29) is 67.1 Å². The summed E-state index contributed by atoms with van der Waals surface area (Å²) in [4.78, 5) is 129. The van der Waals surface area contributed by atoms with Crippen LogP contribution < -0.4 is 37.6 Å². The third kappa shape index (κ3) is 14.4. The number of anilines is 1. The number of aliphatic hydroxyl groups is 1. The number of aliphatic hydroxyl groups excluding tert-OH is 1. The standard InChI is InChI=1S/C53H54N14O10S6/c1-24(2)28-15-34(68)40-25(3)82-51(66-40)30(16-37(69)55-4)59-45(73)32-21-78-47(61-32)27-11-12-29(49-63-36(23-81-49)64-53(75)77-19-39(71)56-14-13-54)58-41(27)31-20-79-50(60-31)33-22-80-52(62-33)43(44(72)26-9-7-6-8-10-26)65-38(70)17-57-46(74)42-35(18-76-5)83-48(28)67-42/h6-12,20-24,28,30,43-44,72H,13-19,54H2,1-5H3,(H,55,69)(H,56,71)(H,57,74)(H,59,73)(H,64,75)(H,65,70)/t28-,30-,43-,44-/m0/s1. The molecule has 9 N–H and O–H groups in total. The monoisotopic (exact) mass is 1240 g/mol. The van der Waals surface area contributed by atoms with Gasteiger partial charge in [0.15, 0.2) is 12.4 Å². The number of rotatable bonds is 13. The number of fused-ring (bicyclic) bond motifs is 14. The first kappa shape index (κ1) is 59.9. The van der Waals surface area contributed by atoms with E-state index in [0.29, 0.717) is 73.7 Å². The maximum absolute atomic E-state index is 14.3. The zero-order valence-corrected chi connectivity index (χ0v) is 49.9. The van der Waals surface area contributed by atoms with Crippen LogP contribution in [0.25, 0.3) is 43.4 Å². The van der Waals surface area contributed by atoms with Crippen LogP contribution in [0.5, 0.6) is 0 Å². The first-order valence-electron chi connectivity index (χ1n) is 25.6. The Kier molecular flexibility index (Phi) is 19.6. The summed E-state index contributed by atoms with van der Waals surface area (Å²) >= 11 is 7.16. The number of amides is 6. The molecule has 6 amide bonds. The average Bonchev–Trinajstić information content (AvgIpc) is 3.56. The molecule has 0 saturated heterocycles. The number of nitrogens with two attached hydrogens (primary N) is 1. The Hall–Kier alpha value is -7.68. The van der Waals surface area contributed by atoms with E-state index in [4.69, 9.17) is 45.1 Å². The molecule has 0 unspecified atom stereocenters. The van der Waals surface area contributed by atoms with Gasteiger partial charge in [0.1, 0.15) is 77.2 Å². The van der Waals surface area contributed by atoms with Gasteiger partial charge in [-0.25, -0.2) is 39.7 Å². The number of benzene rings is 1. The van der Waals surface area contributed by atoms with Crippen LogP contribution in [0.1, 0.15) is 113 Å². The van der Waals surface area contributed by atoms with E-state index in [1.807, 2.05) is 13.8 Å². The molecule has 9 rings (SSSR count). The Labute approximate surface area is 498 Å². The summed E-state index contributed by atoms with van der Waals surface area (Å²) in [5, 5.41) is 37.1. The van der Waals surface area contributed by atoms with Crippen molar-refractivity contribution in [1.82, 2.24) is 61.5 Å². The van der Waals surface area contributed by atoms with Crippen LogP contribution in [0.3, 0.4) is 0 Å². The van der Waals surface area contributed by atoms with Gasteiger partial charge < -0.3 is 46.9 Å². The summed E-state index contributed by atoms with van der Waals surface area (Å²) in [6.07, 6.45) is -2.44. The van der Waals surface area contributed by atoms with Crippen molar-refractivity contribution in [3.8, 4) is 43.4 Å². The molecule has 8 aromatic rings. The van der Waals surface area contributed by atoms with Gasteiger partial charge in [0.05, 0.1) is 41.2 Å². The highest BCUT2D eigenvalue weighted by atomic mass is 32.1. The van der Waals surface area contributed by atoms with E-state index in [2.05, 4.69) is 36.9 Å². The van der Waals surface area contributed by atoms with Crippen molar-refractivity contribution in [2.75, 3.05) is 45.7 Å². The highest BCUT2D eigenvalue weighted by molar-refractivity contribution is 7.15. The summed E-state index contributed by atoms with van der Waals surface area (Å²) in [6, 6.07) is 10.1. The van der Waals surface area contributed by atoms with Crippen molar-refractivity contribution in [3.63, 3.8) is 0 Å². The molecule has 4 atom stereocenters. The van der Waals surface area contributed by atoms with Gasteiger partial charge in [0.2, 0.25) is 11.8 Å². The average molecular weight is 1240 g/mol. The van der Waals surface area contributed by atoms with Crippen LogP contribution in [0.15, 0.2) is 64.0 Å². The largest absolute Gasteiger partial charge is 0.439 e. The van der Waals surface area contributed by atoms with Crippen LogP contribution in [-0.4, -0.2) is 122 Å². The first-order chi connectivity index (χ1) is 40.0. The number of ketones is 1. The first-order valence-corrected chi connectivity index (χ1v) is 30.7. The number of nitrogens with one attached hydrogen (secondary N) is 6. The van der Waals surface area contributed by atoms with Crippen molar-refractivity contribution >= 4 is 115 Å². The number of hydrogen-bond acceptors (Lipinski definition) is 24. The lowest BCUT2D eigenvalue weighted by atomic mass is 9.90. The zero-order chi connectivity index (χ0) is 58.9. The van der Waals surface area contributed by atoms with E-state index in [1.54, 1.807) is 70.9 Å². The second-order valence-electron chi connectivity index (χ2n) is 18.8. The van der Waals surface area contributed by atoms with E-state index in [0.717, 1.165) is 11.3 Å². The molecule has 30 heteroatoms. The summed E-state index contributed by atoms with van der Waals surface area (Å²) in [5.74, 6) is -3.62. The van der Waals surface area contributed by atoms with Gasteiger partial charge in [-0.15, -0.1) is 68.0 Å². The predicted octanol–water partition coefficient (Wildman–Crippen LogP) is 6.82. The molecule has 0 aliphatic carbocycles. The summed E-state index contributed by atoms with van der Waals surface area (Å²) in [5.41, 5.74) is 8.14. The lowest BCUT2D eigenvalue weighted by Gasteiger charge is -2.23. The van der Waals surface area contributed by atoms with Crippen LogP contribution >= 0.6 is 68.0 Å². The number of ether oxygens (including phenoxy) is 2. The van der Waals surface area contributed by atoms with E-state index >= 15 is 0 Å². The maximum Gasteiger partial charge on any atom is 0.413 e. The number of aromatic nitrogens is 7. The lowest BCUT2D eigenvalue weighted by molar-refractivity contribution is -0.124. The molecule has 1 aliphatic rings. The second kappa shape index (κ2) is 27.1. The highest BCUT2D eigenvalue weighted by Crippen LogP contribution is 2.41. The molecular formula is C53H54N14O10S6. The van der Waals surface area contributed by atoms with Crippen molar-refractivity contribution in [1.29, 1.82) is 0 Å². The van der Waals surface area contributed by atoms with Crippen LogP contribution in [0, 0.1) is 12.8 Å². The Morgan fingerprint density at radius 1 is 0.759 bits per heavy atom. The van der Waals surface area contributed by atoms with E-state index in [1.165, 1.54) is 70.8 Å². The predicted molar refractivity (Wildman–Crippen MR) is 315 cm³/mol. The Balaban J connectivity index is 1.10. The molecule has 0 fully saturated rings. The third-order valence-electron chi connectivity index (χ3n) is 12.6. The number of aryl methyl sites for hydroxylation is 1. The molecule has 1 aliphatic heterocycles. The minimum absolute atomic E-state index is 0.0206. The SMILES string of the molecule is CNC(=O)C[C@@H]1NC(=O)c2csc(n2)-c2ccc(-c3nc(NC(=O)OCC(=O)NCCN)cs3)nc2-c2csc(n2)-c2csc(n2)[C@H]([C@@H](O)c2ccccc2)NC(=O)CNC(=O)c2nc(sc2COC)[C@H](C(C)C)CC(=O)c2nc1sc2C. The van der Waals surface area contributed by atoms with Crippen LogP contribution in [0.2, 0.25) is 0 Å². The third-order valence-corrected chi connectivity index (χ3v) is 18.4. The Bertz CT molecular complexity index is 3680. The molecular weight excluding hydrogens is 1190 g/mol. The molecule has 8 heterocycles. The number of Topliss-reactive ketones (excluding diaryl/α,β-unsaturated/α-hetero) is 1. The van der Waals surface area contributed by atoms with Gasteiger partial charge in [0, 0.05) is 71.5 Å². The molecule has 0 spiro atoms. The minimum atomic E-state index is -1.28. The topological polar surface area (TPSA) is 347 Å². The van der Waals surface area contributed by atoms with Gasteiger partial charge in [-0.05, 0) is 30.5 Å². The number of carbonyl (C=O) groups is 7. The summed E-state index contributed by atoms with van der Waals surface area (Å²) in [7, 11) is 2.95. The molecule has 83 heavy (non-hydrogen) atoms. The number of nitrogens with zero attached hydrogens (tertiary/aromatic N) is 7. The minimum Gasteiger partial charge on any atom is -0.439 e. The molecule has 7 aromatic heterocycles. The quantitative estimate of drug-likeness (QED) is 0.0587. The molecule has 10 bridgehead atoms. The number of pyridine rings is 1. The number of methoxy groups -OCH3 is 1. The highest BCUT2D eigenvalue weighted by Gasteiger charge is 2.33. The second-order valence-corrected chi connectivity index (χ2v) is 24.6. The van der Waals surface area contributed by atoms with Gasteiger partial charge >= 0.3 is 6.09 Å². The number of hydrogen-bond donors (Lipinski definition) is 8. The van der Waals surface area contributed by atoms with Crippen LogP contribution in [0.4, 0.5) is 10.6 Å². The maximum atomic E-state index is 14.3. The van der Waals surface area contributed by atoms with Crippen molar-refractivity contribution in [3.05, 3.63) is 111 Å². The lowest BCUT2D eigenvalue weighted by Crippen LogP contribution is -2.40. The zero-order valence-electron chi connectivity index (χ0n) is 45.0. The van der Waals surface area contributed by atoms with Gasteiger partial charge in [0.25, 0.3) is 17.7 Å². The van der Waals surface area contributed by atoms with Gasteiger partial charge in [-0.1, -0.05) is 44.2 Å². The molecule has 1 aromatic carbocycles. The molecule has 0 saturated carbocycles. The molecule has 24 nitrogen and oxygen atoms in total. The van der Waals surface area contributed by atoms with Gasteiger partial charge in [-0.2, -0.15) is 0 Å². The van der Waals surface area contributed by atoms with Crippen molar-refractivity contribution < 1.29 is 48.1 Å². The Morgan fingerprint density at radius 3 is 2.24 bits per heavy atom. The number of thiazole rings is 6. The fraction of sp³-hybridized carbons (Fsp3) is 0.321. The van der Waals surface area contributed by atoms with Crippen molar-refractivity contribution in [2.24, 2.45) is 11.7 Å². The van der Waals surface area contributed by atoms with Gasteiger partial charge in [-0.3, -0.25) is 34.1 Å². The summed E-state index contributed by atoms with van der Waals surface area (Å²) < 4.78 is 10.5. The normalized spacial score (nSPS) is 16.3. The van der Waals surface area contributed by atoms with E-state index in [9.17, 15) is 38.7 Å². The smallest absolute Gasteiger partial charge is 0.413 e. The summed E-state index contributed by atoms with van der Waals surface area (Å²) in [6.45, 7) is 5.05. The van der Waals surface area contributed by atoms with E-state index < -0.39 is 72.9 Å². The fourth-order valence-electron chi connectivity index (χ4n) is 8.43.